The van der Waals surface area contributed by atoms with Gasteiger partial charge in [0.1, 0.15) is 5.82 Å². The number of aromatic nitrogens is 2. The molecule has 2 aromatic heterocycles. The van der Waals surface area contributed by atoms with Crippen molar-refractivity contribution in [3.8, 4) is 0 Å². The van der Waals surface area contributed by atoms with Gasteiger partial charge in [-0.1, -0.05) is 25.1 Å². The first-order chi connectivity index (χ1) is 15.2. The average molecular weight is 418 g/mol. The third-order valence-corrected chi connectivity index (χ3v) is 6.14. The number of hydrogen-bond acceptors (Lipinski definition) is 6. The van der Waals surface area contributed by atoms with Crippen molar-refractivity contribution in [3.63, 3.8) is 0 Å². The predicted molar refractivity (Wildman–Crippen MR) is 122 cm³/mol. The first-order valence-electron chi connectivity index (χ1n) is 11.0. The Morgan fingerprint density at radius 3 is 2.74 bits per heavy atom. The van der Waals surface area contributed by atoms with Crippen molar-refractivity contribution in [2.24, 2.45) is 0 Å². The van der Waals surface area contributed by atoms with E-state index in [1.807, 2.05) is 36.4 Å². The molecular weight excluding hydrogens is 390 g/mol. The van der Waals surface area contributed by atoms with Crippen LogP contribution in [0.15, 0.2) is 42.6 Å². The van der Waals surface area contributed by atoms with Gasteiger partial charge in [0.05, 0.1) is 36.2 Å². The Hall–Kier alpha value is -3.03. The summed E-state index contributed by atoms with van der Waals surface area (Å²) in [4.78, 5) is 27.4. The van der Waals surface area contributed by atoms with Gasteiger partial charge in [-0.25, -0.2) is 4.98 Å². The quantitative estimate of drug-likeness (QED) is 0.704. The summed E-state index contributed by atoms with van der Waals surface area (Å²) < 4.78 is 5.41. The fourth-order valence-corrected chi connectivity index (χ4v) is 4.41. The molecule has 7 nitrogen and oxygen atoms in total. The van der Waals surface area contributed by atoms with Crippen LogP contribution < -0.4 is 10.2 Å². The van der Waals surface area contributed by atoms with E-state index in [1.165, 1.54) is 0 Å². The maximum Gasteiger partial charge on any atom is 0.256 e. The number of amides is 1. The number of nitrogens with zero attached hydrogens (tertiary/aromatic N) is 4. The van der Waals surface area contributed by atoms with E-state index < -0.39 is 0 Å². The van der Waals surface area contributed by atoms with Gasteiger partial charge in [0.25, 0.3) is 5.91 Å². The van der Waals surface area contributed by atoms with E-state index in [1.54, 1.807) is 6.20 Å². The van der Waals surface area contributed by atoms with E-state index in [4.69, 9.17) is 9.72 Å². The molecule has 2 aliphatic rings. The van der Waals surface area contributed by atoms with Crippen molar-refractivity contribution in [1.82, 2.24) is 14.9 Å². The highest BCUT2D eigenvalue weighted by molar-refractivity contribution is 6.13. The number of nitrogens with one attached hydrogen (secondary N) is 1. The lowest BCUT2D eigenvalue weighted by Crippen LogP contribution is -2.36. The summed E-state index contributed by atoms with van der Waals surface area (Å²) in [6, 6.07) is 11.8. The zero-order valence-electron chi connectivity index (χ0n) is 17.8. The number of carbonyl (C=O) groups excluding carboxylic acids is 1. The first kappa shape index (κ1) is 19.9. The molecule has 1 amide bonds. The number of morpholine rings is 1. The van der Waals surface area contributed by atoms with Gasteiger partial charge >= 0.3 is 0 Å². The largest absolute Gasteiger partial charge is 0.378 e. The summed E-state index contributed by atoms with van der Waals surface area (Å²) in [6.45, 7) is 7.94. The number of anilines is 2. The number of hydrogen-bond donors (Lipinski definition) is 1. The van der Waals surface area contributed by atoms with Crippen LogP contribution in [-0.4, -0.2) is 60.2 Å². The summed E-state index contributed by atoms with van der Waals surface area (Å²) in [5, 5.41) is 3.97. The standard InChI is InChI=1S/C24H27N5O2/c1-2-28-10-9-21-19(16-28)23(18-5-3-4-6-20(18)27-21)24(30)26-17-7-8-22(25-15-17)29-11-13-31-14-12-29/h3-8,15H,2,9-14,16H2,1H3,(H,26,30). The van der Waals surface area contributed by atoms with Crippen molar-refractivity contribution in [3.05, 3.63) is 59.4 Å². The molecule has 2 aliphatic heterocycles. The second-order valence-electron chi connectivity index (χ2n) is 8.01. The van der Waals surface area contributed by atoms with Gasteiger partial charge in [-0.2, -0.15) is 0 Å². The normalized spacial score (nSPS) is 16.9. The highest BCUT2D eigenvalue weighted by Crippen LogP contribution is 2.29. The molecule has 5 rings (SSSR count). The second kappa shape index (κ2) is 8.61. The molecular formula is C24H27N5O2. The van der Waals surface area contributed by atoms with Crippen LogP contribution in [0.4, 0.5) is 11.5 Å². The number of pyridine rings is 2. The Bertz CT molecular complexity index is 1090. The molecule has 3 aromatic rings. The van der Waals surface area contributed by atoms with E-state index in [2.05, 4.69) is 27.0 Å². The monoisotopic (exact) mass is 417 g/mol. The number of ether oxygens (including phenoxy) is 1. The van der Waals surface area contributed by atoms with Crippen molar-refractivity contribution in [2.45, 2.75) is 19.9 Å². The van der Waals surface area contributed by atoms with Crippen LogP contribution in [0.2, 0.25) is 0 Å². The minimum absolute atomic E-state index is 0.103. The molecule has 1 aromatic carbocycles. The van der Waals surface area contributed by atoms with Crippen molar-refractivity contribution >= 4 is 28.3 Å². The summed E-state index contributed by atoms with van der Waals surface area (Å²) in [6.07, 6.45) is 2.60. The highest BCUT2D eigenvalue weighted by atomic mass is 16.5. The van der Waals surface area contributed by atoms with Crippen LogP contribution >= 0.6 is 0 Å². The Kier molecular flexibility index (Phi) is 5.53. The van der Waals surface area contributed by atoms with Crippen LogP contribution in [0, 0.1) is 0 Å². The van der Waals surface area contributed by atoms with E-state index in [-0.39, 0.29) is 5.91 Å². The molecule has 160 valence electrons. The Labute approximate surface area is 182 Å². The smallest absolute Gasteiger partial charge is 0.256 e. The van der Waals surface area contributed by atoms with Gasteiger partial charge in [0.15, 0.2) is 0 Å². The fraction of sp³-hybridized carbons (Fsp3) is 0.375. The second-order valence-corrected chi connectivity index (χ2v) is 8.01. The molecule has 0 aliphatic carbocycles. The minimum atomic E-state index is -0.103. The average Bonchev–Trinajstić information content (AvgIpc) is 2.83. The minimum Gasteiger partial charge on any atom is -0.378 e. The third kappa shape index (κ3) is 3.98. The molecule has 31 heavy (non-hydrogen) atoms. The zero-order valence-corrected chi connectivity index (χ0v) is 17.8. The van der Waals surface area contributed by atoms with Gasteiger partial charge in [0, 0.05) is 49.2 Å². The first-order valence-corrected chi connectivity index (χ1v) is 11.0. The van der Waals surface area contributed by atoms with E-state index in [0.29, 0.717) is 5.69 Å². The van der Waals surface area contributed by atoms with Crippen LogP contribution in [0.5, 0.6) is 0 Å². The fourth-order valence-electron chi connectivity index (χ4n) is 4.41. The zero-order chi connectivity index (χ0) is 21.2. The Morgan fingerprint density at radius 1 is 1.13 bits per heavy atom. The molecule has 1 N–H and O–H groups in total. The van der Waals surface area contributed by atoms with Gasteiger partial charge in [0.2, 0.25) is 0 Å². The lowest BCUT2D eigenvalue weighted by atomic mass is 9.95. The van der Waals surface area contributed by atoms with E-state index in [9.17, 15) is 4.79 Å². The summed E-state index contributed by atoms with van der Waals surface area (Å²) in [5.74, 6) is 0.806. The van der Waals surface area contributed by atoms with Crippen molar-refractivity contribution in [2.75, 3.05) is 49.6 Å². The van der Waals surface area contributed by atoms with Crippen LogP contribution in [0.25, 0.3) is 10.9 Å². The Balaban J connectivity index is 1.45. The van der Waals surface area contributed by atoms with Gasteiger partial charge < -0.3 is 15.0 Å². The summed E-state index contributed by atoms with van der Waals surface area (Å²) in [7, 11) is 0. The van der Waals surface area contributed by atoms with Gasteiger partial charge in [-0.05, 0) is 24.7 Å². The van der Waals surface area contributed by atoms with Crippen LogP contribution in [0.3, 0.4) is 0 Å². The topological polar surface area (TPSA) is 70.6 Å². The third-order valence-electron chi connectivity index (χ3n) is 6.14. The number of carbonyl (C=O) groups is 1. The Morgan fingerprint density at radius 2 is 1.97 bits per heavy atom. The van der Waals surface area contributed by atoms with Gasteiger partial charge in [-0.15, -0.1) is 0 Å². The van der Waals surface area contributed by atoms with Crippen LogP contribution in [0.1, 0.15) is 28.5 Å². The molecule has 7 heteroatoms. The predicted octanol–water partition coefficient (Wildman–Crippen LogP) is 3.10. The lowest BCUT2D eigenvalue weighted by molar-refractivity contribution is 0.102. The highest BCUT2D eigenvalue weighted by Gasteiger charge is 2.25. The summed E-state index contributed by atoms with van der Waals surface area (Å²) in [5.41, 5.74) is 4.38. The molecule has 0 atom stereocenters. The number of likely N-dealkylation sites (N-methyl/N-ethyl adjacent to an activating group) is 1. The summed E-state index contributed by atoms with van der Waals surface area (Å²) >= 11 is 0. The molecule has 4 heterocycles. The molecule has 0 spiro atoms. The number of fused-ring (bicyclic) bond motifs is 2. The SMILES string of the molecule is CCN1CCc2nc3ccccc3c(C(=O)Nc3ccc(N4CCOCC4)nc3)c2C1. The van der Waals surface area contributed by atoms with E-state index in [0.717, 1.165) is 85.9 Å². The van der Waals surface area contributed by atoms with Crippen LogP contribution in [-0.2, 0) is 17.7 Å². The lowest BCUT2D eigenvalue weighted by Gasteiger charge is -2.29. The van der Waals surface area contributed by atoms with Crippen molar-refractivity contribution < 1.29 is 9.53 Å². The van der Waals surface area contributed by atoms with Gasteiger partial charge in [-0.3, -0.25) is 14.7 Å². The molecule has 1 saturated heterocycles. The molecule has 0 unspecified atom stereocenters. The van der Waals surface area contributed by atoms with E-state index >= 15 is 0 Å². The molecule has 0 saturated carbocycles. The maximum absolute atomic E-state index is 13.5. The molecule has 0 radical (unpaired) electrons. The number of para-hydroxylation sites is 1. The number of benzene rings is 1. The number of rotatable bonds is 4. The maximum atomic E-state index is 13.5. The molecule has 0 bridgehead atoms. The van der Waals surface area contributed by atoms with Crippen molar-refractivity contribution in [1.29, 1.82) is 0 Å². The molecule has 1 fully saturated rings.